The van der Waals surface area contributed by atoms with E-state index in [4.69, 9.17) is 9.47 Å². The van der Waals surface area contributed by atoms with Crippen molar-refractivity contribution >= 4 is 5.69 Å². The number of hydrogen-bond acceptors (Lipinski definition) is 3. The summed E-state index contributed by atoms with van der Waals surface area (Å²) >= 11 is 0. The van der Waals surface area contributed by atoms with Crippen LogP contribution in [0, 0.1) is 0 Å². The number of rotatable bonds is 9. The van der Waals surface area contributed by atoms with Gasteiger partial charge in [0.05, 0.1) is 6.61 Å². The van der Waals surface area contributed by atoms with Crippen molar-refractivity contribution in [3.8, 4) is 5.75 Å². The Morgan fingerprint density at radius 3 is 2.39 bits per heavy atom. The van der Waals surface area contributed by atoms with Crippen LogP contribution in [0.5, 0.6) is 5.75 Å². The van der Waals surface area contributed by atoms with Crippen LogP contribution in [0.25, 0.3) is 0 Å². The Labute approximate surface area is 110 Å². The first-order valence-electron chi connectivity index (χ1n) is 6.79. The summed E-state index contributed by atoms with van der Waals surface area (Å²) < 4.78 is 11.0. The summed E-state index contributed by atoms with van der Waals surface area (Å²) in [6.07, 6.45) is 2.01. The lowest BCUT2D eigenvalue weighted by Gasteiger charge is -2.11. The van der Waals surface area contributed by atoms with Crippen molar-refractivity contribution in [2.45, 2.75) is 39.7 Å². The Hall–Kier alpha value is -1.22. The van der Waals surface area contributed by atoms with Crippen LogP contribution in [-0.4, -0.2) is 25.9 Å². The molecule has 0 radical (unpaired) electrons. The zero-order valence-electron chi connectivity index (χ0n) is 11.7. The molecule has 102 valence electrons. The van der Waals surface area contributed by atoms with Crippen molar-refractivity contribution in [3.63, 3.8) is 0 Å². The number of anilines is 1. The molecule has 0 aliphatic heterocycles. The number of nitrogens with one attached hydrogen (secondary N) is 1. The first-order valence-corrected chi connectivity index (χ1v) is 6.79. The molecule has 3 heteroatoms. The van der Waals surface area contributed by atoms with Crippen LogP contribution in [0.1, 0.15) is 33.6 Å². The molecule has 0 unspecified atom stereocenters. The largest absolute Gasteiger partial charge is 0.494 e. The molecule has 0 spiro atoms. The Bertz CT molecular complexity index is 309. The predicted octanol–water partition coefficient (Wildman–Crippen LogP) is 3.70. The van der Waals surface area contributed by atoms with Gasteiger partial charge in [0.25, 0.3) is 0 Å². The highest BCUT2D eigenvalue weighted by atomic mass is 16.5. The van der Waals surface area contributed by atoms with Gasteiger partial charge in [-0.3, -0.25) is 0 Å². The molecule has 0 bridgehead atoms. The topological polar surface area (TPSA) is 30.5 Å². The van der Waals surface area contributed by atoms with E-state index in [2.05, 4.69) is 26.1 Å². The summed E-state index contributed by atoms with van der Waals surface area (Å²) in [5.74, 6) is 0.916. The second-order valence-electron chi connectivity index (χ2n) is 4.64. The molecule has 3 nitrogen and oxygen atoms in total. The van der Waals surface area contributed by atoms with E-state index in [-0.39, 0.29) is 0 Å². The van der Waals surface area contributed by atoms with Crippen molar-refractivity contribution in [2.75, 3.05) is 25.1 Å². The van der Waals surface area contributed by atoms with Crippen molar-refractivity contribution in [1.29, 1.82) is 0 Å². The van der Waals surface area contributed by atoms with Gasteiger partial charge in [-0.05, 0) is 44.5 Å². The van der Waals surface area contributed by atoms with Crippen LogP contribution in [0.15, 0.2) is 24.3 Å². The SMILES string of the molecule is CCCOCCCOc1ccc(NC(C)C)cc1. The van der Waals surface area contributed by atoms with E-state index in [1.807, 2.05) is 24.3 Å². The second kappa shape index (κ2) is 8.81. The molecule has 0 aliphatic carbocycles. The lowest BCUT2D eigenvalue weighted by molar-refractivity contribution is 0.120. The third-order valence-electron chi connectivity index (χ3n) is 2.36. The van der Waals surface area contributed by atoms with Crippen LogP contribution in [-0.2, 0) is 4.74 Å². The number of ether oxygens (including phenoxy) is 2. The van der Waals surface area contributed by atoms with Crippen LogP contribution in [0.2, 0.25) is 0 Å². The zero-order valence-corrected chi connectivity index (χ0v) is 11.7. The van der Waals surface area contributed by atoms with E-state index in [0.29, 0.717) is 12.6 Å². The van der Waals surface area contributed by atoms with Gasteiger partial charge in [-0.25, -0.2) is 0 Å². The summed E-state index contributed by atoms with van der Waals surface area (Å²) in [7, 11) is 0. The molecule has 0 aliphatic rings. The van der Waals surface area contributed by atoms with Crippen molar-refractivity contribution in [2.24, 2.45) is 0 Å². The van der Waals surface area contributed by atoms with Crippen LogP contribution < -0.4 is 10.1 Å². The molecular weight excluding hydrogens is 226 g/mol. The monoisotopic (exact) mass is 251 g/mol. The van der Waals surface area contributed by atoms with Gasteiger partial charge in [0, 0.05) is 31.4 Å². The Morgan fingerprint density at radius 1 is 1.06 bits per heavy atom. The van der Waals surface area contributed by atoms with Crippen molar-refractivity contribution < 1.29 is 9.47 Å². The fourth-order valence-electron chi connectivity index (χ4n) is 1.58. The van der Waals surface area contributed by atoms with E-state index in [1.54, 1.807) is 0 Å². The first-order chi connectivity index (χ1) is 8.72. The third kappa shape index (κ3) is 6.50. The van der Waals surface area contributed by atoms with Crippen LogP contribution >= 0.6 is 0 Å². The fraction of sp³-hybridized carbons (Fsp3) is 0.600. The minimum Gasteiger partial charge on any atom is -0.494 e. The summed E-state index contributed by atoms with van der Waals surface area (Å²) in [6, 6.07) is 8.54. The van der Waals surface area contributed by atoms with Crippen molar-refractivity contribution in [1.82, 2.24) is 0 Å². The molecule has 0 amide bonds. The molecule has 0 heterocycles. The third-order valence-corrected chi connectivity index (χ3v) is 2.36. The molecule has 1 aromatic carbocycles. The van der Waals surface area contributed by atoms with Crippen molar-refractivity contribution in [3.05, 3.63) is 24.3 Å². The molecule has 18 heavy (non-hydrogen) atoms. The number of hydrogen-bond donors (Lipinski definition) is 1. The molecule has 0 fully saturated rings. The molecule has 0 atom stereocenters. The van der Waals surface area contributed by atoms with E-state index in [9.17, 15) is 0 Å². The van der Waals surface area contributed by atoms with Gasteiger partial charge in [-0.15, -0.1) is 0 Å². The average Bonchev–Trinajstić information content (AvgIpc) is 2.35. The highest BCUT2D eigenvalue weighted by Gasteiger charge is 1.97. The molecule has 0 saturated heterocycles. The van der Waals surface area contributed by atoms with E-state index in [0.717, 1.165) is 37.5 Å². The van der Waals surface area contributed by atoms with Gasteiger partial charge in [-0.1, -0.05) is 6.92 Å². The summed E-state index contributed by atoms with van der Waals surface area (Å²) in [4.78, 5) is 0. The van der Waals surface area contributed by atoms with E-state index < -0.39 is 0 Å². The molecule has 1 N–H and O–H groups in total. The maximum atomic E-state index is 5.64. The van der Waals surface area contributed by atoms with E-state index in [1.165, 1.54) is 0 Å². The summed E-state index contributed by atoms with van der Waals surface area (Å²) in [5.41, 5.74) is 1.13. The lowest BCUT2D eigenvalue weighted by Crippen LogP contribution is -2.09. The minimum atomic E-state index is 0.451. The average molecular weight is 251 g/mol. The van der Waals surface area contributed by atoms with Gasteiger partial charge < -0.3 is 14.8 Å². The Morgan fingerprint density at radius 2 is 1.78 bits per heavy atom. The lowest BCUT2D eigenvalue weighted by atomic mass is 10.2. The molecular formula is C15H25NO2. The maximum Gasteiger partial charge on any atom is 0.119 e. The first kappa shape index (κ1) is 14.8. The van der Waals surface area contributed by atoms with Gasteiger partial charge in [0.1, 0.15) is 5.75 Å². The quantitative estimate of drug-likeness (QED) is 0.679. The van der Waals surface area contributed by atoms with Gasteiger partial charge >= 0.3 is 0 Å². The van der Waals surface area contributed by atoms with E-state index >= 15 is 0 Å². The van der Waals surface area contributed by atoms with Gasteiger partial charge in [0.2, 0.25) is 0 Å². The smallest absolute Gasteiger partial charge is 0.119 e. The fourth-order valence-corrected chi connectivity index (χ4v) is 1.58. The standard InChI is InChI=1S/C15H25NO2/c1-4-10-17-11-5-12-18-15-8-6-14(7-9-15)16-13(2)3/h6-9,13,16H,4-5,10-12H2,1-3H3. The minimum absolute atomic E-state index is 0.451. The van der Waals surface area contributed by atoms with Crippen LogP contribution in [0.4, 0.5) is 5.69 Å². The predicted molar refractivity (Wildman–Crippen MR) is 76.4 cm³/mol. The van der Waals surface area contributed by atoms with Crippen LogP contribution in [0.3, 0.4) is 0 Å². The molecule has 1 rings (SSSR count). The Balaban J connectivity index is 2.18. The highest BCUT2D eigenvalue weighted by molar-refractivity contribution is 5.46. The van der Waals surface area contributed by atoms with Gasteiger partial charge in [0.15, 0.2) is 0 Å². The molecule has 1 aromatic rings. The number of benzene rings is 1. The second-order valence-corrected chi connectivity index (χ2v) is 4.64. The van der Waals surface area contributed by atoms with Gasteiger partial charge in [-0.2, -0.15) is 0 Å². The summed E-state index contributed by atoms with van der Waals surface area (Å²) in [5, 5.41) is 3.35. The summed E-state index contributed by atoms with van der Waals surface area (Å²) in [6.45, 7) is 8.70. The molecule has 0 saturated carbocycles. The normalized spacial score (nSPS) is 10.7. The highest BCUT2D eigenvalue weighted by Crippen LogP contribution is 2.16. The zero-order chi connectivity index (χ0) is 13.2. The maximum absolute atomic E-state index is 5.64. The Kier molecular flexibility index (Phi) is 7.26. The molecule has 0 aromatic heterocycles.